The van der Waals surface area contributed by atoms with Crippen molar-refractivity contribution in [1.82, 2.24) is 15.1 Å². The van der Waals surface area contributed by atoms with Crippen LogP contribution in [0.4, 0.5) is 10.5 Å². The highest BCUT2D eigenvalue weighted by Crippen LogP contribution is 2.24. The maximum atomic E-state index is 11.9. The third-order valence-electron chi connectivity index (χ3n) is 4.31. The van der Waals surface area contributed by atoms with Crippen LogP contribution >= 0.6 is 0 Å². The van der Waals surface area contributed by atoms with Crippen LogP contribution in [0.15, 0.2) is 24.3 Å². The molecule has 6 nitrogen and oxygen atoms in total. The van der Waals surface area contributed by atoms with E-state index in [9.17, 15) is 4.79 Å². The average Bonchev–Trinajstić information content (AvgIpc) is 3.35. The number of ether oxygens (including phenoxy) is 1. The lowest BCUT2D eigenvalue weighted by Crippen LogP contribution is -2.45. The van der Waals surface area contributed by atoms with Crippen LogP contribution in [0.3, 0.4) is 0 Å². The standard InChI is InChI=1S/C17H26N4O2/c1-20-8-10-21(11-9-20)12-13-23-16-5-3-2-4-15(16)19-17(22)18-14-6-7-14/h2-5,14H,6-13H2,1H3,(H2,18,19,22). The van der Waals surface area contributed by atoms with Crippen LogP contribution in [0.1, 0.15) is 12.8 Å². The number of piperazine rings is 1. The predicted octanol–water partition coefficient (Wildman–Crippen LogP) is 1.60. The fraction of sp³-hybridized carbons (Fsp3) is 0.588. The van der Waals surface area contributed by atoms with Crippen molar-refractivity contribution in [2.24, 2.45) is 0 Å². The first-order chi connectivity index (χ1) is 11.2. The largest absolute Gasteiger partial charge is 0.490 e. The molecule has 0 bridgehead atoms. The lowest BCUT2D eigenvalue weighted by Gasteiger charge is -2.32. The van der Waals surface area contributed by atoms with Gasteiger partial charge in [0.05, 0.1) is 5.69 Å². The van der Waals surface area contributed by atoms with Gasteiger partial charge in [-0.05, 0) is 32.0 Å². The smallest absolute Gasteiger partial charge is 0.319 e. The lowest BCUT2D eigenvalue weighted by atomic mass is 10.3. The first kappa shape index (κ1) is 16.1. The summed E-state index contributed by atoms with van der Waals surface area (Å²) in [5.74, 6) is 0.729. The molecule has 126 valence electrons. The Labute approximate surface area is 137 Å². The summed E-state index contributed by atoms with van der Waals surface area (Å²) in [6, 6.07) is 7.80. The van der Waals surface area contributed by atoms with Gasteiger partial charge >= 0.3 is 6.03 Å². The molecule has 0 unspecified atom stereocenters. The number of para-hydroxylation sites is 2. The topological polar surface area (TPSA) is 56.8 Å². The van der Waals surface area contributed by atoms with Crippen molar-refractivity contribution in [3.8, 4) is 5.75 Å². The zero-order valence-corrected chi connectivity index (χ0v) is 13.8. The maximum Gasteiger partial charge on any atom is 0.319 e. The van der Waals surface area contributed by atoms with Gasteiger partial charge in [-0.3, -0.25) is 4.90 Å². The van der Waals surface area contributed by atoms with Crippen molar-refractivity contribution < 1.29 is 9.53 Å². The number of urea groups is 1. The Morgan fingerprint density at radius 2 is 1.96 bits per heavy atom. The van der Waals surface area contributed by atoms with Crippen molar-refractivity contribution in [3.05, 3.63) is 24.3 Å². The van der Waals surface area contributed by atoms with Gasteiger partial charge in [-0.25, -0.2) is 4.79 Å². The summed E-state index contributed by atoms with van der Waals surface area (Å²) in [4.78, 5) is 16.6. The molecule has 2 N–H and O–H groups in total. The lowest BCUT2D eigenvalue weighted by molar-refractivity contribution is 0.134. The maximum absolute atomic E-state index is 11.9. The number of nitrogens with zero attached hydrogens (tertiary/aromatic N) is 2. The number of hydrogen-bond acceptors (Lipinski definition) is 4. The Hall–Kier alpha value is -1.79. The third kappa shape index (κ3) is 5.11. The zero-order chi connectivity index (χ0) is 16.1. The number of carbonyl (C=O) groups excluding carboxylic acids is 1. The van der Waals surface area contributed by atoms with Gasteiger partial charge < -0.3 is 20.3 Å². The Bertz CT molecular complexity index is 525. The molecule has 2 aliphatic rings. The molecule has 1 aromatic carbocycles. The molecule has 6 heteroatoms. The van der Waals surface area contributed by atoms with Crippen LogP contribution in [0.5, 0.6) is 5.75 Å². The first-order valence-corrected chi connectivity index (χ1v) is 8.41. The molecule has 1 saturated heterocycles. The molecule has 23 heavy (non-hydrogen) atoms. The number of rotatable bonds is 6. The SMILES string of the molecule is CN1CCN(CCOc2ccccc2NC(=O)NC2CC2)CC1. The van der Waals surface area contributed by atoms with E-state index in [0.717, 1.165) is 57.0 Å². The third-order valence-corrected chi connectivity index (χ3v) is 4.31. The number of hydrogen-bond donors (Lipinski definition) is 2. The molecule has 1 aliphatic carbocycles. The van der Waals surface area contributed by atoms with Crippen molar-refractivity contribution in [3.63, 3.8) is 0 Å². The molecule has 1 aliphatic heterocycles. The minimum atomic E-state index is -0.150. The average molecular weight is 318 g/mol. The number of anilines is 1. The molecule has 1 saturated carbocycles. The van der Waals surface area contributed by atoms with Gasteiger partial charge in [-0.15, -0.1) is 0 Å². The van der Waals surface area contributed by atoms with Gasteiger partial charge in [-0.2, -0.15) is 0 Å². The number of nitrogens with one attached hydrogen (secondary N) is 2. The second-order valence-corrected chi connectivity index (χ2v) is 6.36. The fourth-order valence-corrected chi connectivity index (χ4v) is 2.62. The minimum absolute atomic E-state index is 0.150. The van der Waals surface area contributed by atoms with Crippen LogP contribution in [-0.2, 0) is 0 Å². The van der Waals surface area contributed by atoms with E-state index in [0.29, 0.717) is 12.6 Å². The summed E-state index contributed by atoms with van der Waals surface area (Å²) < 4.78 is 5.89. The molecule has 1 aromatic rings. The highest BCUT2D eigenvalue weighted by molar-refractivity contribution is 5.91. The second-order valence-electron chi connectivity index (χ2n) is 6.36. The normalized spacial score (nSPS) is 19.3. The van der Waals surface area contributed by atoms with Crippen molar-refractivity contribution in [1.29, 1.82) is 0 Å². The number of amides is 2. The second kappa shape index (κ2) is 7.66. The molecule has 0 aromatic heterocycles. The fourth-order valence-electron chi connectivity index (χ4n) is 2.62. The molecule has 2 fully saturated rings. The van der Waals surface area contributed by atoms with E-state index in [1.807, 2.05) is 24.3 Å². The molecular weight excluding hydrogens is 292 g/mol. The van der Waals surface area contributed by atoms with Gasteiger partial charge in [0.15, 0.2) is 0 Å². The Morgan fingerprint density at radius 3 is 2.70 bits per heavy atom. The van der Waals surface area contributed by atoms with E-state index in [1.165, 1.54) is 0 Å². The Kier molecular flexibility index (Phi) is 5.35. The van der Waals surface area contributed by atoms with Crippen molar-refractivity contribution in [2.75, 3.05) is 51.7 Å². The van der Waals surface area contributed by atoms with E-state index in [1.54, 1.807) is 0 Å². The number of likely N-dealkylation sites (N-methyl/N-ethyl adjacent to an activating group) is 1. The van der Waals surface area contributed by atoms with Crippen LogP contribution in [0, 0.1) is 0 Å². The summed E-state index contributed by atoms with van der Waals surface area (Å²) in [5.41, 5.74) is 0.726. The summed E-state index contributed by atoms with van der Waals surface area (Å²) >= 11 is 0. The predicted molar refractivity (Wildman–Crippen MR) is 91.1 cm³/mol. The van der Waals surface area contributed by atoms with Crippen molar-refractivity contribution in [2.45, 2.75) is 18.9 Å². The molecule has 3 rings (SSSR count). The summed E-state index contributed by atoms with van der Waals surface area (Å²) in [7, 11) is 2.16. The zero-order valence-electron chi connectivity index (χ0n) is 13.8. The van der Waals surface area contributed by atoms with Crippen LogP contribution in [0.2, 0.25) is 0 Å². The van der Waals surface area contributed by atoms with E-state index < -0.39 is 0 Å². The molecular formula is C17H26N4O2. The van der Waals surface area contributed by atoms with E-state index in [4.69, 9.17) is 4.74 Å². The van der Waals surface area contributed by atoms with E-state index >= 15 is 0 Å². The van der Waals surface area contributed by atoms with Gasteiger partial charge in [0.1, 0.15) is 12.4 Å². The van der Waals surface area contributed by atoms with Gasteiger partial charge in [-0.1, -0.05) is 12.1 Å². The van der Waals surface area contributed by atoms with Gasteiger partial charge in [0.2, 0.25) is 0 Å². The van der Waals surface area contributed by atoms with E-state index in [-0.39, 0.29) is 6.03 Å². The molecule has 0 atom stereocenters. The summed E-state index contributed by atoms with van der Waals surface area (Å²) in [6.45, 7) is 5.94. The van der Waals surface area contributed by atoms with Crippen molar-refractivity contribution >= 4 is 11.7 Å². The Balaban J connectivity index is 1.46. The molecule has 1 heterocycles. The van der Waals surface area contributed by atoms with Gasteiger partial charge in [0, 0.05) is 38.8 Å². The number of carbonyl (C=O) groups is 1. The van der Waals surface area contributed by atoms with Crippen LogP contribution in [0.25, 0.3) is 0 Å². The van der Waals surface area contributed by atoms with E-state index in [2.05, 4.69) is 27.5 Å². The Morgan fingerprint density at radius 1 is 1.22 bits per heavy atom. The number of benzene rings is 1. The monoisotopic (exact) mass is 318 g/mol. The summed E-state index contributed by atoms with van der Waals surface area (Å²) in [6.07, 6.45) is 2.16. The molecule has 0 radical (unpaired) electrons. The summed E-state index contributed by atoms with van der Waals surface area (Å²) in [5, 5.41) is 5.80. The first-order valence-electron chi connectivity index (χ1n) is 8.41. The molecule has 0 spiro atoms. The highest BCUT2D eigenvalue weighted by Gasteiger charge is 2.23. The quantitative estimate of drug-likeness (QED) is 0.836. The molecule has 2 amide bonds. The van der Waals surface area contributed by atoms with Gasteiger partial charge in [0.25, 0.3) is 0 Å². The van der Waals surface area contributed by atoms with Crippen LogP contribution in [-0.4, -0.2) is 68.3 Å². The highest BCUT2D eigenvalue weighted by atomic mass is 16.5. The minimum Gasteiger partial charge on any atom is -0.490 e. The van der Waals surface area contributed by atoms with Crippen LogP contribution < -0.4 is 15.4 Å².